The lowest BCUT2D eigenvalue weighted by molar-refractivity contribution is -0.139. The SMILES string of the molecule is CC(C(N)=O)C(Cc1ccccc1)c1nc(Nc2ccc(C3CCN(C(=O)O)CC3)nc2)ncc1C(F)(F)F. The molecule has 2 unspecified atom stereocenters. The first-order valence-electron chi connectivity index (χ1n) is 12.5. The summed E-state index contributed by atoms with van der Waals surface area (Å²) in [6, 6.07) is 12.4. The molecule has 0 bridgehead atoms. The van der Waals surface area contributed by atoms with Gasteiger partial charge in [-0.05, 0) is 37.0 Å². The van der Waals surface area contributed by atoms with Gasteiger partial charge in [0.1, 0.15) is 0 Å². The molecule has 0 spiro atoms. The number of likely N-dealkylation sites (tertiary alicyclic amines) is 1. The van der Waals surface area contributed by atoms with Crippen LogP contribution in [-0.2, 0) is 17.4 Å². The van der Waals surface area contributed by atoms with Gasteiger partial charge in [0, 0.05) is 42.7 Å². The number of halogens is 3. The number of rotatable bonds is 8. The van der Waals surface area contributed by atoms with E-state index in [9.17, 15) is 22.8 Å². The molecule has 39 heavy (non-hydrogen) atoms. The monoisotopic (exact) mass is 542 g/mol. The Bertz CT molecular complexity index is 1300. The summed E-state index contributed by atoms with van der Waals surface area (Å²) >= 11 is 0. The molecule has 206 valence electrons. The highest BCUT2D eigenvalue weighted by Crippen LogP contribution is 2.38. The van der Waals surface area contributed by atoms with Gasteiger partial charge in [-0.3, -0.25) is 9.78 Å². The van der Waals surface area contributed by atoms with Crippen LogP contribution in [0.5, 0.6) is 0 Å². The summed E-state index contributed by atoms with van der Waals surface area (Å²) in [5, 5.41) is 12.0. The molecule has 0 aliphatic carbocycles. The zero-order chi connectivity index (χ0) is 28.2. The minimum atomic E-state index is -4.74. The van der Waals surface area contributed by atoms with Crippen LogP contribution in [0.3, 0.4) is 0 Å². The maximum atomic E-state index is 14.0. The van der Waals surface area contributed by atoms with E-state index in [2.05, 4.69) is 20.3 Å². The number of benzene rings is 1. The third kappa shape index (κ3) is 6.81. The maximum absolute atomic E-state index is 14.0. The minimum absolute atomic E-state index is 0.0722. The second-order valence-corrected chi connectivity index (χ2v) is 9.62. The number of piperidine rings is 1. The molecular weight excluding hydrogens is 513 g/mol. The van der Waals surface area contributed by atoms with Crippen molar-refractivity contribution in [3.05, 3.63) is 77.4 Å². The van der Waals surface area contributed by atoms with E-state index in [1.54, 1.807) is 42.5 Å². The molecule has 2 aromatic heterocycles. The molecule has 2 atom stereocenters. The van der Waals surface area contributed by atoms with Gasteiger partial charge in [0.25, 0.3) is 0 Å². The van der Waals surface area contributed by atoms with Crippen molar-refractivity contribution in [2.75, 3.05) is 18.4 Å². The van der Waals surface area contributed by atoms with E-state index in [-0.39, 0.29) is 24.0 Å². The van der Waals surface area contributed by atoms with Gasteiger partial charge < -0.3 is 21.1 Å². The van der Waals surface area contributed by atoms with Crippen LogP contribution in [0.1, 0.15) is 54.1 Å². The molecule has 1 aromatic carbocycles. The number of hydrogen-bond acceptors (Lipinski definition) is 6. The fraction of sp³-hybridized carbons (Fsp3) is 0.370. The normalized spacial score (nSPS) is 15.9. The minimum Gasteiger partial charge on any atom is -0.465 e. The molecule has 1 aliphatic rings. The molecule has 3 aromatic rings. The standard InChI is InChI=1S/C27H29F3N6O3/c1-16(24(31)37)20(13-17-5-3-2-4-6-17)23-21(27(28,29)30)15-33-25(35-23)34-19-7-8-22(32-14-19)18-9-11-36(12-10-18)26(38)39/h2-8,14-16,18,20H,9-13H2,1H3,(H2,31,37)(H,38,39)(H,33,34,35). The van der Waals surface area contributed by atoms with Gasteiger partial charge in [-0.1, -0.05) is 37.3 Å². The molecule has 1 aliphatic heterocycles. The number of nitrogens with one attached hydrogen (secondary N) is 1. The molecule has 1 saturated heterocycles. The number of nitrogens with two attached hydrogens (primary N) is 1. The molecule has 4 rings (SSSR count). The van der Waals surface area contributed by atoms with Crippen molar-refractivity contribution >= 4 is 23.6 Å². The molecule has 0 saturated carbocycles. The fourth-order valence-electron chi connectivity index (χ4n) is 4.75. The molecular formula is C27H29F3N6O3. The van der Waals surface area contributed by atoms with Crippen LogP contribution >= 0.6 is 0 Å². The van der Waals surface area contributed by atoms with Crippen LogP contribution in [0.25, 0.3) is 0 Å². The Morgan fingerprint density at radius 1 is 1.10 bits per heavy atom. The van der Waals surface area contributed by atoms with Crippen molar-refractivity contribution < 1.29 is 27.9 Å². The van der Waals surface area contributed by atoms with Crippen molar-refractivity contribution in [1.82, 2.24) is 19.9 Å². The van der Waals surface area contributed by atoms with Gasteiger partial charge in [0.15, 0.2) is 0 Å². The Balaban J connectivity index is 1.59. The van der Waals surface area contributed by atoms with E-state index in [1.807, 2.05) is 0 Å². The molecule has 0 radical (unpaired) electrons. The van der Waals surface area contributed by atoms with E-state index in [4.69, 9.17) is 10.8 Å². The number of pyridine rings is 1. The predicted molar refractivity (Wildman–Crippen MR) is 137 cm³/mol. The highest BCUT2D eigenvalue weighted by Gasteiger charge is 2.39. The van der Waals surface area contributed by atoms with Crippen molar-refractivity contribution in [3.8, 4) is 0 Å². The largest absolute Gasteiger partial charge is 0.465 e. The molecule has 2 amide bonds. The van der Waals surface area contributed by atoms with Crippen molar-refractivity contribution in [3.63, 3.8) is 0 Å². The Morgan fingerprint density at radius 3 is 2.36 bits per heavy atom. The Labute approximate surface area is 223 Å². The first kappa shape index (κ1) is 27.8. The second-order valence-electron chi connectivity index (χ2n) is 9.62. The summed E-state index contributed by atoms with van der Waals surface area (Å²) in [6.07, 6.45) is -1.99. The van der Waals surface area contributed by atoms with E-state index in [1.165, 1.54) is 18.0 Å². The zero-order valence-electron chi connectivity index (χ0n) is 21.2. The topological polar surface area (TPSA) is 134 Å². The third-order valence-electron chi connectivity index (χ3n) is 7.05. The van der Waals surface area contributed by atoms with Crippen LogP contribution in [0.2, 0.25) is 0 Å². The molecule has 3 heterocycles. The first-order chi connectivity index (χ1) is 18.5. The lowest BCUT2D eigenvalue weighted by Crippen LogP contribution is -2.36. The van der Waals surface area contributed by atoms with Crippen LogP contribution in [0.4, 0.5) is 29.6 Å². The Morgan fingerprint density at radius 2 is 1.79 bits per heavy atom. The number of carbonyl (C=O) groups excluding carboxylic acids is 1. The molecule has 4 N–H and O–H groups in total. The number of hydrogen-bond donors (Lipinski definition) is 3. The van der Waals surface area contributed by atoms with E-state index in [0.717, 1.165) is 11.3 Å². The van der Waals surface area contributed by atoms with Crippen LogP contribution < -0.4 is 11.1 Å². The Hall–Kier alpha value is -4.22. The number of carbonyl (C=O) groups is 2. The lowest BCUT2D eigenvalue weighted by Gasteiger charge is -2.29. The van der Waals surface area contributed by atoms with Gasteiger partial charge in [-0.25, -0.2) is 14.8 Å². The number of primary amides is 1. The van der Waals surface area contributed by atoms with Crippen molar-refractivity contribution in [2.24, 2.45) is 11.7 Å². The summed E-state index contributed by atoms with van der Waals surface area (Å²) in [5.74, 6) is -2.56. The molecule has 9 nitrogen and oxygen atoms in total. The first-order valence-corrected chi connectivity index (χ1v) is 12.5. The van der Waals surface area contributed by atoms with Gasteiger partial charge >= 0.3 is 12.3 Å². The summed E-state index contributed by atoms with van der Waals surface area (Å²) in [7, 11) is 0. The summed E-state index contributed by atoms with van der Waals surface area (Å²) in [6.45, 7) is 2.35. The van der Waals surface area contributed by atoms with Crippen LogP contribution in [-0.4, -0.2) is 50.0 Å². The highest BCUT2D eigenvalue weighted by molar-refractivity contribution is 5.77. The fourth-order valence-corrected chi connectivity index (χ4v) is 4.75. The average molecular weight is 543 g/mol. The second kappa shape index (κ2) is 11.7. The van der Waals surface area contributed by atoms with Gasteiger partial charge in [0.2, 0.25) is 11.9 Å². The van der Waals surface area contributed by atoms with E-state index >= 15 is 0 Å². The van der Waals surface area contributed by atoms with Crippen LogP contribution in [0.15, 0.2) is 54.9 Å². The van der Waals surface area contributed by atoms with Gasteiger partial charge in [0.05, 0.1) is 23.1 Å². The Kier molecular flexibility index (Phi) is 8.32. The van der Waals surface area contributed by atoms with E-state index in [0.29, 0.717) is 37.8 Å². The van der Waals surface area contributed by atoms with Crippen molar-refractivity contribution in [2.45, 2.75) is 44.2 Å². The number of nitrogens with zero attached hydrogens (tertiary/aromatic N) is 4. The number of carboxylic acid groups (broad SMARTS) is 1. The maximum Gasteiger partial charge on any atom is 0.419 e. The summed E-state index contributed by atoms with van der Waals surface area (Å²) in [4.78, 5) is 37.2. The number of aromatic nitrogens is 3. The number of amides is 2. The number of alkyl halides is 3. The van der Waals surface area contributed by atoms with Gasteiger partial charge in [-0.2, -0.15) is 13.2 Å². The van der Waals surface area contributed by atoms with E-state index < -0.39 is 35.6 Å². The number of anilines is 2. The lowest BCUT2D eigenvalue weighted by atomic mass is 9.83. The molecule has 1 fully saturated rings. The smallest absolute Gasteiger partial charge is 0.419 e. The predicted octanol–water partition coefficient (Wildman–Crippen LogP) is 4.94. The highest BCUT2D eigenvalue weighted by atomic mass is 19.4. The van der Waals surface area contributed by atoms with Gasteiger partial charge in [-0.15, -0.1) is 0 Å². The summed E-state index contributed by atoms with van der Waals surface area (Å²) in [5.41, 5.74) is 6.20. The summed E-state index contributed by atoms with van der Waals surface area (Å²) < 4.78 is 42.0. The van der Waals surface area contributed by atoms with Crippen LogP contribution in [0, 0.1) is 5.92 Å². The third-order valence-corrected chi connectivity index (χ3v) is 7.05. The van der Waals surface area contributed by atoms with Crippen molar-refractivity contribution in [1.29, 1.82) is 0 Å². The average Bonchev–Trinajstić information content (AvgIpc) is 2.91. The quantitative estimate of drug-likeness (QED) is 0.367. The zero-order valence-corrected chi connectivity index (χ0v) is 21.2. The molecule has 12 heteroatoms.